The first-order valence-electron chi connectivity index (χ1n) is 11.3. The van der Waals surface area contributed by atoms with Crippen LogP contribution in [0.1, 0.15) is 51.3 Å². The number of benzene rings is 1. The molecule has 4 aliphatic rings. The minimum Gasteiger partial charge on any atom is -0.370 e. The molecule has 1 heterocycles. The summed E-state index contributed by atoms with van der Waals surface area (Å²) in [5, 5.41) is 9.77. The second-order valence-corrected chi connectivity index (χ2v) is 9.57. The van der Waals surface area contributed by atoms with Gasteiger partial charge in [-0.1, -0.05) is 0 Å². The molecule has 6 nitrogen and oxygen atoms in total. The molecule has 0 saturated heterocycles. The van der Waals surface area contributed by atoms with E-state index >= 15 is 0 Å². The number of rotatable bonds is 6. The van der Waals surface area contributed by atoms with Crippen molar-refractivity contribution in [2.24, 2.45) is 23.2 Å². The molecule has 4 aliphatic carbocycles. The molecule has 2 aromatic rings. The van der Waals surface area contributed by atoms with Crippen molar-refractivity contribution in [3.63, 3.8) is 0 Å². The lowest BCUT2D eigenvalue weighted by Gasteiger charge is -2.55. The molecule has 4 fully saturated rings. The van der Waals surface area contributed by atoms with E-state index in [4.69, 9.17) is 0 Å². The monoisotopic (exact) mass is 405 g/mol. The van der Waals surface area contributed by atoms with Gasteiger partial charge >= 0.3 is 0 Å². The molecule has 30 heavy (non-hydrogen) atoms. The molecule has 0 spiro atoms. The number of nitrogens with zero attached hydrogens (tertiary/aromatic N) is 2. The van der Waals surface area contributed by atoms with Crippen molar-refractivity contribution in [1.82, 2.24) is 9.97 Å². The van der Waals surface area contributed by atoms with Crippen LogP contribution in [0.25, 0.3) is 0 Å². The average molecular weight is 406 g/mol. The van der Waals surface area contributed by atoms with Crippen molar-refractivity contribution in [3.05, 3.63) is 36.2 Å². The molecule has 0 unspecified atom stereocenters. The fourth-order valence-corrected chi connectivity index (χ4v) is 6.34. The van der Waals surface area contributed by atoms with Crippen LogP contribution in [0.2, 0.25) is 0 Å². The van der Waals surface area contributed by atoms with Crippen LogP contribution < -0.4 is 16.0 Å². The van der Waals surface area contributed by atoms with E-state index in [9.17, 15) is 4.79 Å². The van der Waals surface area contributed by atoms with Crippen molar-refractivity contribution in [2.45, 2.75) is 52.4 Å². The summed E-state index contributed by atoms with van der Waals surface area (Å²) >= 11 is 0. The number of nitrogens with one attached hydrogen (secondary N) is 3. The highest BCUT2D eigenvalue weighted by Gasteiger charge is 2.54. The maximum atomic E-state index is 13.2. The molecule has 0 aliphatic heterocycles. The predicted octanol–water partition coefficient (Wildman–Crippen LogP) is 5.12. The third kappa shape index (κ3) is 3.75. The van der Waals surface area contributed by atoms with Crippen LogP contribution in [-0.2, 0) is 4.79 Å². The zero-order valence-corrected chi connectivity index (χ0v) is 17.9. The van der Waals surface area contributed by atoms with Crippen LogP contribution in [0.15, 0.2) is 30.3 Å². The molecule has 6 rings (SSSR count). The first-order chi connectivity index (χ1) is 14.5. The number of amides is 1. The number of aromatic nitrogens is 2. The van der Waals surface area contributed by atoms with Gasteiger partial charge in [0, 0.05) is 24.0 Å². The van der Waals surface area contributed by atoms with E-state index < -0.39 is 0 Å². The van der Waals surface area contributed by atoms with Crippen molar-refractivity contribution >= 4 is 28.9 Å². The summed E-state index contributed by atoms with van der Waals surface area (Å²) < 4.78 is 0. The van der Waals surface area contributed by atoms with Crippen LogP contribution in [0, 0.1) is 30.1 Å². The predicted molar refractivity (Wildman–Crippen MR) is 120 cm³/mol. The van der Waals surface area contributed by atoms with Gasteiger partial charge in [0.15, 0.2) is 0 Å². The van der Waals surface area contributed by atoms with Crippen LogP contribution in [-0.4, -0.2) is 22.4 Å². The summed E-state index contributed by atoms with van der Waals surface area (Å²) in [7, 11) is 0. The molecule has 4 bridgehead atoms. The summed E-state index contributed by atoms with van der Waals surface area (Å²) in [5.74, 6) is 4.85. The Morgan fingerprint density at radius 3 is 2.13 bits per heavy atom. The van der Waals surface area contributed by atoms with E-state index in [0.29, 0.717) is 0 Å². The van der Waals surface area contributed by atoms with Crippen LogP contribution in [0.5, 0.6) is 0 Å². The van der Waals surface area contributed by atoms with Gasteiger partial charge in [0.1, 0.15) is 17.5 Å². The van der Waals surface area contributed by atoms with Crippen molar-refractivity contribution in [2.75, 3.05) is 22.5 Å². The van der Waals surface area contributed by atoms with E-state index in [1.165, 1.54) is 19.3 Å². The lowest BCUT2D eigenvalue weighted by molar-refractivity contribution is -0.140. The highest BCUT2D eigenvalue weighted by atomic mass is 16.2. The lowest BCUT2D eigenvalue weighted by atomic mass is 9.49. The number of hydrogen-bond acceptors (Lipinski definition) is 5. The second-order valence-electron chi connectivity index (χ2n) is 9.57. The molecule has 0 atom stereocenters. The van der Waals surface area contributed by atoms with Gasteiger partial charge in [-0.15, -0.1) is 0 Å². The Morgan fingerprint density at radius 2 is 1.53 bits per heavy atom. The molecule has 1 amide bonds. The van der Waals surface area contributed by atoms with Gasteiger partial charge in [-0.05, 0) is 94.4 Å². The number of carbonyl (C=O) groups excluding carboxylic acids is 1. The van der Waals surface area contributed by atoms with Gasteiger partial charge < -0.3 is 16.0 Å². The summed E-state index contributed by atoms with van der Waals surface area (Å²) in [6, 6.07) is 9.82. The quantitative estimate of drug-likeness (QED) is 0.622. The molecular weight excluding hydrogens is 374 g/mol. The molecule has 158 valence electrons. The zero-order chi connectivity index (χ0) is 20.7. The zero-order valence-electron chi connectivity index (χ0n) is 17.9. The SMILES string of the molecule is CCNc1cc(Nc2ccc(NC(=O)C34CC5CC(CC(C5)C3)C4)cc2)nc(C)n1. The summed E-state index contributed by atoms with van der Waals surface area (Å²) in [4.78, 5) is 22.1. The van der Waals surface area contributed by atoms with Gasteiger partial charge in [0.05, 0.1) is 5.41 Å². The Hall–Kier alpha value is -2.63. The first-order valence-corrected chi connectivity index (χ1v) is 11.3. The molecule has 4 saturated carbocycles. The minimum absolute atomic E-state index is 0.118. The maximum absolute atomic E-state index is 13.2. The van der Waals surface area contributed by atoms with Crippen LogP contribution >= 0.6 is 0 Å². The smallest absolute Gasteiger partial charge is 0.230 e. The van der Waals surface area contributed by atoms with E-state index in [-0.39, 0.29) is 11.3 Å². The molecule has 1 aromatic heterocycles. The molecule has 1 aromatic carbocycles. The number of anilines is 4. The van der Waals surface area contributed by atoms with Crippen LogP contribution in [0.4, 0.5) is 23.0 Å². The average Bonchev–Trinajstić information content (AvgIpc) is 2.68. The third-order valence-corrected chi connectivity index (χ3v) is 7.13. The topological polar surface area (TPSA) is 78.9 Å². The summed E-state index contributed by atoms with van der Waals surface area (Å²) in [6.07, 6.45) is 7.32. The number of aryl methyl sites for hydroxylation is 1. The largest absolute Gasteiger partial charge is 0.370 e. The Balaban J connectivity index is 1.25. The lowest BCUT2D eigenvalue weighted by Crippen LogP contribution is -2.51. The summed E-state index contributed by atoms with van der Waals surface area (Å²) in [6.45, 7) is 4.74. The van der Waals surface area contributed by atoms with Gasteiger partial charge in [0.2, 0.25) is 5.91 Å². The van der Waals surface area contributed by atoms with Gasteiger partial charge in [-0.2, -0.15) is 0 Å². The summed E-state index contributed by atoms with van der Waals surface area (Å²) in [5.41, 5.74) is 1.68. The third-order valence-electron chi connectivity index (χ3n) is 7.13. The second kappa shape index (κ2) is 7.56. The minimum atomic E-state index is -0.118. The molecule has 6 heteroatoms. The Morgan fingerprint density at radius 1 is 0.967 bits per heavy atom. The van der Waals surface area contributed by atoms with Gasteiger partial charge in [0.25, 0.3) is 0 Å². The molecule has 0 radical (unpaired) electrons. The number of carbonyl (C=O) groups is 1. The van der Waals surface area contributed by atoms with Crippen molar-refractivity contribution < 1.29 is 4.79 Å². The van der Waals surface area contributed by atoms with Crippen molar-refractivity contribution in [1.29, 1.82) is 0 Å². The van der Waals surface area contributed by atoms with E-state index in [2.05, 4.69) is 25.9 Å². The fourth-order valence-electron chi connectivity index (χ4n) is 6.34. The Kier molecular flexibility index (Phi) is 4.88. The first kappa shape index (κ1) is 19.3. The van der Waals surface area contributed by atoms with E-state index in [1.807, 2.05) is 44.2 Å². The number of hydrogen-bond donors (Lipinski definition) is 3. The van der Waals surface area contributed by atoms with Crippen LogP contribution in [0.3, 0.4) is 0 Å². The van der Waals surface area contributed by atoms with E-state index in [1.54, 1.807) is 0 Å². The highest BCUT2D eigenvalue weighted by Crippen LogP contribution is 2.60. The maximum Gasteiger partial charge on any atom is 0.230 e. The van der Waals surface area contributed by atoms with Gasteiger partial charge in [-0.3, -0.25) is 4.79 Å². The van der Waals surface area contributed by atoms with Crippen molar-refractivity contribution in [3.8, 4) is 0 Å². The van der Waals surface area contributed by atoms with Gasteiger partial charge in [-0.25, -0.2) is 9.97 Å². The Bertz CT molecular complexity index is 904. The fraction of sp³-hybridized carbons (Fsp3) is 0.542. The highest BCUT2D eigenvalue weighted by molar-refractivity contribution is 5.95. The molecular formula is C24H31N5O. The Labute approximate surface area is 178 Å². The normalized spacial score (nSPS) is 28.9. The standard InChI is InChI=1S/C24H31N5O/c1-3-25-21-11-22(27-15(2)26-21)28-19-4-6-20(7-5-19)29-23(30)24-12-16-8-17(13-24)10-18(9-16)14-24/h4-7,11,16-18H,3,8-10,12-14H2,1-2H3,(H,29,30)(H2,25,26,27,28). The molecule has 3 N–H and O–H groups in total. The van der Waals surface area contributed by atoms with E-state index in [0.717, 1.165) is 72.4 Å².